The Kier molecular flexibility index (Phi) is 6.31. The third-order valence-corrected chi connectivity index (χ3v) is 8.21. The minimum Gasteiger partial charge on any atom is -0.356 e. The zero-order valence-corrected chi connectivity index (χ0v) is 20.4. The summed E-state index contributed by atoms with van der Waals surface area (Å²) in [6.07, 6.45) is 10.8. The fourth-order valence-corrected chi connectivity index (χ4v) is 6.37. The van der Waals surface area contributed by atoms with Crippen molar-refractivity contribution in [2.75, 3.05) is 31.1 Å². The van der Waals surface area contributed by atoms with Gasteiger partial charge in [0.2, 0.25) is 5.91 Å². The second-order valence-corrected chi connectivity index (χ2v) is 10.5. The van der Waals surface area contributed by atoms with Gasteiger partial charge in [-0.1, -0.05) is 23.7 Å². The molecule has 1 saturated heterocycles. The lowest BCUT2D eigenvalue weighted by Crippen LogP contribution is -2.39. The Labute approximate surface area is 206 Å². The van der Waals surface area contributed by atoms with Crippen molar-refractivity contribution in [1.29, 1.82) is 0 Å². The fraction of sp³-hybridized carbons (Fsp3) is 0.517. The smallest absolute Gasteiger partial charge is 0.227 e. The number of aryl methyl sites for hydroxylation is 3. The summed E-state index contributed by atoms with van der Waals surface area (Å²) in [6, 6.07) is 9.47. The molecule has 0 saturated carbocycles. The van der Waals surface area contributed by atoms with Crippen LogP contribution >= 0.6 is 0 Å². The maximum Gasteiger partial charge on any atom is 0.227 e. The maximum atomic E-state index is 13.4. The summed E-state index contributed by atoms with van der Waals surface area (Å²) in [5.74, 6) is 0.425. The van der Waals surface area contributed by atoms with E-state index in [1.165, 1.54) is 53.8 Å². The molecule has 3 aromatic rings. The number of likely N-dealkylation sites (tertiary alicyclic amines) is 1. The molecule has 0 atom stereocenters. The Morgan fingerprint density at radius 1 is 0.971 bits per heavy atom. The molecule has 0 aliphatic carbocycles. The van der Waals surface area contributed by atoms with Crippen molar-refractivity contribution in [3.05, 3.63) is 58.5 Å². The van der Waals surface area contributed by atoms with Crippen LogP contribution in [0.15, 0.2) is 34.9 Å². The van der Waals surface area contributed by atoms with Crippen LogP contribution in [0.1, 0.15) is 73.2 Å². The molecule has 6 rings (SSSR count). The number of hydrogen-bond acceptors (Lipinski definition) is 4. The average Bonchev–Trinajstić information content (AvgIpc) is 3.29. The van der Waals surface area contributed by atoms with Gasteiger partial charge in [-0.25, -0.2) is 4.39 Å². The number of halogens is 1. The number of fused-ring (bicyclic) bond motifs is 1. The van der Waals surface area contributed by atoms with E-state index < -0.39 is 0 Å². The van der Waals surface area contributed by atoms with E-state index in [0.29, 0.717) is 23.8 Å². The molecule has 0 N–H and O–H groups in total. The summed E-state index contributed by atoms with van der Waals surface area (Å²) in [6.45, 7) is 4.22. The molecule has 4 heterocycles. The number of carbonyl (C=O) groups is 1. The molecule has 35 heavy (non-hydrogen) atoms. The van der Waals surface area contributed by atoms with Gasteiger partial charge in [-0.2, -0.15) is 0 Å². The second-order valence-electron chi connectivity index (χ2n) is 10.5. The number of benzene rings is 2. The molecule has 3 aliphatic heterocycles. The lowest BCUT2D eigenvalue weighted by atomic mass is 9.88. The third-order valence-electron chi connectivity index (χ3n) is 8.21. The highest BCUT2D eigenvalue weighted by molar-refractivity contribution is 5.97. The van der Waals surface area contributed by atoms with Crippen LogP contribution < -0.4 is 4.90 Å². The first-order valence-electron chi connectivity index (χ1n) is 13.4. The van der Waals surface area contributed by atoms with Gasteiger partial charge in [0, 0.05) is 30.3 Å². The van der Waals surface area contributed by atoms with E-state index in [-0.39, 0.29) is 5.82 Å². The molecule has 2 aromatic carbocycles. The van der Waals surface area contributed by atoms with E-state index in [4.69, 9.17) is 4.52 Å². The number of amides is 1. The van der Waals surface area contributed by atoms with Gasteiger partial charge in [0.25, 0.3) is 0 Å². The largest absolute Gasteiger partial charge is 0.356 e. The van der Waals surface area contributed by atoms with E-state index in [0.717, 1.165) is 75.8 Å². The number of carbonyl (C=O) groups excluding carboxylic acids is 1. The minimum atomic E-state index is -0.278. The number of anilines is 1. The number of unbranched alkanes of at least 4 members (excludes halogenated alkanes) is 2. The number of hydrogen-bond donors (Lipinski definition) is 0. The summed E-state index contributed by atoms with van der Waals surface area (Å²) in [5.41, 5.74) is 7.03. The van der Waals surface area contributed by atoms with Gasteiger partial charge in [-0.05, 0) is 99.8 Å². The highest BCUT2D eigenvalue weighted by Crippen LogP contribution is 2.37. The summed E-state index contributed by atoms with van der Waals surface area (Å²) in [7, 11) is 0. The van der Waals surface area contributed by atoms with Crippen LogP contribution in [0.25, 0.3) is 11.0 Å². The SMILES string of the molecule is O=C1CCc2cc(CCCCCN3CCC(c4noc5cc(F)ccc45)CC3)cc3c2N1CCC3. The summed E-state index contributed by atoms with van der Waals surface area (Å²) >= 11 is 0. The van der Waals surface area contributed by atoms with E-state index in [1.54, 1.807) is 6.07 Å². The molecule has 5 nitrogen and oxygen atoms in total. The molecule has 0 unspecified atom stereocenters. The molecule has 0 bridgehead atoms. The molecular formula is C29H34FN3O2. The number of aromatic nitrogens is 1. The predicted molar refractivity (Wildman–Crippen MR) is 135 cm³/mol. The first-order chi connectivity index (χ1) is 17.2. The van der Waals surface area contributed by atoms with Crippen LogP contribution in [0, 0.1) is 5.82 Å². The standard InChI is InChI=1S/C29H34FN3O2/c30-24-8-9-25-26(19-24)35-31-28(25)21-11-15-32(16-12-21)13-3-1-2-5-20-17-22-6-4-14-33-27(34)10-7-23(18-20)29(22)33/h8-9,17-19,21H,1-7,10-16H2. The number of rotatable bonds is 7. The topological polar surface area (TPSA) is 49.6 Å². The number of piperidine rings is 1. The lowest BCUT2D eigenvalue weighted by Gasteiger charge is -2.35. The van der Waals surface area contributed by atoms with E-state index in [9.17, 15) is 9.18 Å². The van der Waals surface area contributed by atoms with Gasteiger partial charge < -0.3 is 14.3 Å². The number of nitrogens with zero attached hydrogens (tertiary/aromatic N) is 3. The molecule has 184 valence electrons. The Morgan fingerprint density at radius 2 is 1.80 bits per heavy atom. The highest BCUT2D eigenvalue weighted by Gasteiger charge is 2.29. The Morgan fingerprint density at radius 3 is 2.66 bits per heavy atom. The van der Waals surface area contributed by atoms with Crippen LogP contribution in [0.3, 0.4) is 0 Å². The van der Waals surface area contributed by atoms with Crippen LogP contribution in [0.2, 0.25) is 0 Å². The maximum absolute atomic E-state index is 13.4. The van der Waals surface area contributed by atoms with Gasteiger partial charge in [0.15, 0.2) is 5.58 Å². The molecule has 0 spiro atoms. The van der Waals surface area contributed by atoms with Gasteiger partial charge in [0.05, 0.1) is 11.4 Å². The van der Waals surface area contributed by atoms with Crippen LogP contribution in [0.5, 0.6) is 0 Å². The van der Waals surface area contributed by atoms with Crippen molar-refractivity contribution >= 4 is 22.6 Å². The monoisotopic (exact) mass is 475 g/mol. The Hall–Kier alpha value is -2.73. The first-order valence-corrected chi connectivity index (χ1v) is 13.4. The summed E-state index contributed by atoms with van der Waals surface area (Å²) in [4.78, 5) is 16.9. The second kappa shape index (κ2) is 9.73. The molecule has 3 aliphatic rings. The van der Waals surface area contributed by atoms with Crippen molar-refractivity contribution in [1.82, 2.24) is 10.1 Å². The van der Waals surface area contributed by atoms with Gasteiger partial charge in [-0.3, -0.25) is 4.79 Å². The predicted octanol–water partition coefficient (Wildman–Crippen LogP) is 5.78. The minimum absolute atomic E-state index is 0.278. The van der Waals surface area contributed by atoms with Crippen molar-refractivity contribution in [3.8, 4) is 0 Å². The zero-order chi connectivity index (χ0) is 23.8. The van der Waals surface area contributed by atoms with Crippen LogP contribution in [0.4, 0.5) is 10.1 Å². The van der Waals surface area contributed by atoms with E-state index in [2.05, 4.69) is 22.2 Å². The molecule has 1 fully saturated rings. The van der Waals surface area contributed by atoms with Gasteiger partial charge in [-0.15, -0.1) is 0 Å². The Bertz CT molecular complexity index is 1210. The first kappa shape index (κ1) is 22.7. The Balaban J connectivity index is 0.959. The van der Waals surface area contributed by atoms with Gasteiger partial charge in [0.1, 0.15) is 5.82 Å². The molecule has 0 radical (unpaired) electrons. The summed E-state index contributed by atoms with van der Waals surface area (Å²) < 4.78 is 18.8. The van der Waals surface area contributed by atoms with E-state index in [1.807, 2.05) is 4.90 Å². The molecule has 1 amide bonds. The van der Waals surface area contributed by atoms with E-state index >= 15 is 0 Å². The van der Waals surface area contributed by atoms with Gasteiger partial charge >= 0.3 is 0 Å². The lowest BCUT2D eigenvalue weighted by molar-refractivity contribution is -0.119. The molecule has 6 heteroatoms. The summed E-state index contributed by atoms with van der Waals surface area (Å²) in [5, 5.41) is 5.23. The highest BCUT2D eigenvalue weighted by atomic mass is 19.1. The van der Waals surface area contributed by atoms with Crippen LogP contribution in [-0.4, -0.2) is 42.1 Å². The average molecular weight is 476 g/mol. The molecule has 1 aromatic heterocycles. The fourth-order valence-electron chi connectivity index (χ4n) is 6.37. The quantitative estimate of drug-likeness (QED) is 0.406. The zero-order valence-electron chi connectivity index (χ0n) is 20.4. The van der Waals surface area contributed by atoms with Crippen molar-refractivity contribution in [2.45, 2.75) is 70.1 Å². The van der Waals surface area contributed by atoms with Crippen molar-refractivity contribution in [2.24, 2.45) is 0 Å². The third kappa shape index (κ3) is 4.61. The molecular weight excluding hydrogens is 441 g/mol. The van der Waals surface area contributed by atoms with Crippen LogP contribution in [-0.2, 0) is 24.1 Å². The normalized spacial score (nSPS) is 18.9. The van der Waals surface area contributed by atoms with Crippen molar-refractivity contribution in [3.63, 3.8) is 0 Å². The van der Waals surface area contributed by atoms with Crippen molar-refractivity contribution < 1.29 is 13.7 Å².